The first-order valence-electron chi connectivity index (χ1n) is 12.7. The topological polar surface area (TPSA) is 122 Å². The number of hydrogen-bond acceptors (Lipinski definition) is 10. The Bertz CT molecular complexity index is 1170. The van der Waals surface area contributed by atoms with Gasteiger partial charge >= 0.3 is 6.03 Å². The standard InChI is InChI=1S/C25H36N8O3S/c1-5-19-16-27-21(36-19)7-8-26-24(34)31-25-29-18(3)22(37-25)20-15-17(2)28-23(30-20)32(4)9-6-10-33-11-13-35-14-12-33/h15-16H,5-14H2,1-4H3,(H2,26,29,31,34). The van der Waals surface area contributed by atoms with Crippen molar-refractivity contribution in [2.24, 2.45) is 0 Å². The van der Waals surface area contributed by atoms with Crippen molar-refractivity contribution in [2.75, 3.05) is 63.2 Å². The molecule has 1 aliphatic heterocycles. The van der Waals surface area contributed by atoms with Crippen LogP contribution in [0.4, 0.5) is 15.9 Å². The van der Waals surface area contributed by atoms with E-state index in [0.717, 1.165) is 80.0 Å². The molecule has 0 aromatic carbocycles. The van der Waals surface area contributed by atoms with E-state index in [2.05, 4.69) is 35.4 Å². The number of amides is 2. The summed E-state index contributed by atoms with van der Waals surface area (Å²) in [7, 11) is 2.02. The van der Waals surface area contributed by atoms with E-state index in [9.17, 15) is 4.79 Å². The summed E-state index contributed by atoms with van der Waals surface area (Å²) in [5.41, 5.74) is 2.51. The zero-order chi connectivity index (χ0) is 26.2. The van der Waals surface area contributed by atoms with Crippen LogP contribution in [0.25, 0.3) is 10.6 Å². The fourth-order valence-electron chi connectivity index (χ4n) is 4.04. The Morgan fingerprint density at radius 3 is 2.78 bits per heavy atom. The van der Waals surface area contributed by atoms with Crippen LogP contribution in [-0.4, -0.2) is 83.9 Å². The molecule has 2 N–H and O–H groups in total. The Morgan fingerprint density at radius 2 is 2.03 bits per heavy atom. The van der Waals surface area contributed by atoms with Crippen molar-refractivity contribution in [2.45, 2.75) is 40.0 Å². The third kappa shape index (κ3) is 7.70. The maximum absolute atomic E-state index is 12.4. The van der Waals surface area contributed by atoms with Gasteiger partial charge in [-0.2, -0.15) is 0 Å². The molecule has 3 aromatic heterocycles. The molecule has 3 aromatic rings. The number of nitrogens with zero attached hydrogens (tertiary/aromatic N) is 6. The summed E-state index contributed by atoms with van der Waals surface area (Å²) in [5, 5.41) is 6.17. The lowest BCUT2D eigenvalue weighted by molar-refractivity contribution is 0.0377. The first-order valence-corrected chi connectivity index (χ1v) is 13.6. The smallest absolute Gasteiger partial charge is 0.321 e. The summed E-state index contributed by atoms with van der Waals surface area (Å²) in [6, 6.07) is 1.64. The molecule has 1 saturated heterocycles. The van der Waals surface area contributed by atoms with Gasteiger partial charge in [-0.15, -0.1) is 0 Å². The molecule has 1 aliphatic rings. The number of thiazole rings is 1. The van der Waals surface area contributed by atoms with E-state index in [1.54, 1.807) is 6.20 Å². The van der Waals surface area contributed by atoms with Gasteiger partial charge in [-0.05, 0) is 26.3 Å². The highest BCUT2D eigenvalue weighted by atomic mass is 32.1. The fourth-order valence-corrected chi connectivity index (χ4v) is 4.96. The number of oxazole rings is 1. The Labute approximate surface area is 221 Å². The molecule has 12 heteroatoms. The van der Waals surface area contributed by atoms with E-state index >= 15 is 0 Å². The van der Waals surface area contributed by atoms with Crippen LogP contribution in [0.5, 0.6) is 0 Å². The highest BCUT2D eigenvalue weighted by Crippen LogP contribution is 2.32. The number of carbonyl (C=O) groups is 1. The second kappa shape index (κ2) is 12.9. The highest BCUT2D eigenvalue weighted by Gasteiger charge is 2.17. The van der Waals surface area contributed by atoms with E-state index in [-0.39, 0.29) is 6.03 Å². The summed E-state index contributed by atoms with van der Waals surface area (Å²) >= 11 is 1.40. The molecule has 0 aliphatic carbocycles. The number of morpholine rings is 1. The minimum atomic E-state index is -0.317. The van der Waals surface area contributed by atoms with E-state index in [1.165, 1.54) is 11.3 Å². The monoisotopic (exact) mass is 528 g/mol. The summed E-state index contributed by atoms with van der Waals surface area (Å²) in [6.45, 7) is 11.8. The molecule has 2 amide bonds. The zero-order valence-electron chi connectivity index (χ0n) is 22.0. The molecule has 0 radical (unpaired) electrons. The highest BCUT2D eigenvalue weighted by molar-refractivity contribution is 7.19. The van der Waals surface area contributed by atoms with Crippen LogP contribution < -0.4 is 15.5 Å². The minimum Gasteiger partial charge on any atom is -0.446 e. The van der Waals surface area contributed by atoms with Crippen molar-refractivity contribution in [3.8, 4) is 10.6 Å². The summed E-state index contributed by atoms with van der Waals surface area (Å²) in [5.74, 6) is 2.15. The molecular formula is C25H36N8O3S. The Kier molecular flexibility index (Phi) is 9.42. The lowest BCUT2D eigenvalue weighted by atomic mass is 10.2. The number of aromatic nitrogens is 4. The number of urea groups is 1. The van der Waals surface area contributed by atoms with E-state index in [0.29, 0.717) is 29.9 Å². The van der Waals surface area contributed by atoms with Crippen molar-refractivity contribution in [3.05, 3.63) is 35.3 Å². The maximum Gasteiger partial charge on any atom is 0.321 e. The lowest BCUT2D eigenvalue weighted by Crippen LogP contribution is -2.38. The Balaban J connectivity index is 1.32. The maximum atomic E-state index is 12.4. The molecule has 4 rings (SSSR count). The third-order valence-corrected chi connectivity index (χ3v) is 7.17. The van der Waals surface area contributed by atoms with E-state index < -0.39 is 0 Å². The zero-order valence-corrected chi connectivity index (χ0v) is 22.9. The number of carbonyl (C=O) groups excluding carboxylic acids is 1. The van der Waals surface area contributed by atoms with Gasteiger partial charge in [-0.3, -0.25) is 10.2 Å². The number of ether oxygens (including phenoxy) is 1. The molecule has 0 saturated carbocycles. The molecule has 11 nitrogen and oxygen atoms in total. The Morgan fingerprint density at radius 1 is 1.22 bits per heavy atom. The number of hydrogen-bond donors (Lipinski definition) is 2. The number of rotatable bonds is 11. The van der Waals surface area contributed by atoms with Gasteiger partial charge < -0.3 is 19.4 Å². The van der Waals surface area contributed by atoms with Crippen LogP contribution in [0, 0.1) is 13.8 Å². The van der Waals surface area contributed by atoms with Crippen molar-refractivity contribution < 1.29 is 13.9 Å². The number of aryl methyl sites for hydroxylation is 3. The Hall–Kier alpha value is -3.09. The van der Waals surface area contributed by atoms with Crippen LogP contribution in [0.15, 0.2) is 16.7 Å². The molecule has 0 bridgehead atoms. The SMILES string of the molecule is CCc1cnc(CCNC(=O)Nc2nc(C)c(-c3cc(C)nc(N(C)CCCN4CCOCC4)n3)s2)o1. The molecule has 0 atom stereocenters. The largest absolute Gasteiger partial charge is 0.446 e. The van der Waals surface area contributed by atoms with Crippen molar-refractivity contribution in [1.82, 2.24) is 30.2 Å². The summed E-state index contributed by atoms with van der Waals surface area (Å²) < 4.78 is 11.0. The van der Waals surface area contributed by atoms with Gasteiger partial charge in [0.2, 0.25) is 5.95 Å². The van der Waals surface area contributed by atoms with Crippen LogP contribution in [-0.2, 0) is 17.6 Å². The quantitative estimate of drug-likeness (QED) is 0.386. The first-order chi connectivity index (χ1) is 17.9. The van der Waals surface area contributed by atoms with Gasteiger partial charge in [0.1, 0.15) is 5.76 Å². The lowest BCUT2D eigenvalue weighted by Gasteiger charge is -2.27. The average Bonchev–Trinajstić information content (AvgIpc) is 3.50. The van der Waals surface area contributed by atoms with Crippen molar-refractivity contribution >= 4 is 28.4 Å². The van der Waals surface area contributed by atoms with Gasteiger partial charge in [0.05, 0.1) is 35.7 Å². The fraction of sp³-hybridized carbons (Fsp3) is 0.560. The molecule has 4 heterocycles. The van der Waals surface area contributed by atoms with Gasteiger partial charge in [-0.1, -0.05) is 18.3 Å². The van der Waals surface area contributed by atoms with Gasteiger partial charge in [0.25, 0.3) is 0 Å². The number of anilines is 2. The predicted molar refractivity (Wildman–Crippen MR) is 144 cm³/mol. The molecule has 200 valence electrons. The van der Waals surface area contributed by atoms with E-state index in [1.807, 2.05) is 33.9 Å². The second-order valence-corrected chi connectivity index (χ2v) is 10.1. The van der Waals surface area contributed by atoms with Gasteiger partial charge in [0.15, 0.2) is 11.0 Å². The molecule has 1 fully saturated rings. The van der Waals surface area contributed by atoms with Crippen LogP contribution >= 0.6 is 11.3 Å². The molecular weight excluding hydrogens is 492 g/mol. The van der Waals surface area contributed by atoms with E-state index in [4.69, 9.17) is 14.1 Å². The predicted octanol–water partition coefficient (Wildman–Crippen LogP) is 3.29. The molecule has 0 spiro atoms. The van der Waals surface area contributed by atoms with Gasteiger partial charge in [-0.25, -0.2) is 24.7 Å². The second-order valence-electron chi connectivity index (χ2n) is 9.06. The molecule has 37 heavy (non-hydrogen) atoms. The first kappa shape index (κ1) is 27.0. The molecule has 0 unspecified atom stereocenters. The number of nitrogens with one attached hydrogen (secondary N) is 2. The van der Waals surface area contributed by atoms with Crippen LogP contribution in [0.2, 0.25) is 0 Å². The summed E-state index contributed by atoms with van der Waals surface area (Å²) in [6.07, 6.45) is 4.07. The van der Waals surface area contributed by atoms with Gasteiger partial charge in [0, 0.05) is 58.3 Å². The van der Waals surface area contributed by atoms with Crippen molar-refractivity contribution in [3.63, 3.8) is 0 Å². The summed E-state index contributed by atoms with van der Waals surface area (Å²) in [4.78, 5) is 36.0. The normalized spacial score (nSPS) is 14.1. The third-order valence-electron chi connectivity index (χ3n) is 6.08. The average molecular weight is 529 g/mol. The van der Waals surface area contributed by atoms with Crippen LogP contribution in [0.1, 0.15) is 36.4 Å². The van der Waals surface area contributed by atoms with Crippen LogP contribution in [0.3, 0.4) is 0 Å². The van der Waals surface area contributed by atoms with Crippen molar-refractivity contribution in [1.29, 1.82) is 0 Å². The minimum absolute atomic E-state index is 0.317.